The monoisotopic (exact) mass is 278 g/mol. The SMILES string of the molecule is COc1ccc(C(C)(C)C)cc1C1(CN)CNC(=O)O1. The van der Waals surface area contributed by atoms with Crippen molar-refractivity contribution in [2.75, 3.05) is 20.2 Å². The topological polar surface area (TPSA) is 73.6 Å². The maximum Gasteiger partial charge on any atom is 0.408 e. The minimum atomic E-state index is -0.857. The Labute approximate surface area is 119 Å². The smallest absolute Gasteiger partial charge is 0.408 e. The van der Waals surface area contributed by atoms with E-state index >= 15 is 0 Å². The molecule has 3 N–H and O–H groups in total. The number of ether oxygens (including phenoxy) is 2. The van der Waals surface area contributed by atoms with Gasteiger partial charge in [-0.15, -0.1) is 0 Å². The highest BCUT2D eigenvalue weighted by molar-refractivity contribution is 5.71. The van der Waals surface area contributed by atoms with Crippen molar-refractivity contribution in [3.8, 4) is 5.75 Å². The van der Waals surface area contributed by atoms with E-state index in [0.29, 0.717) is 12.3 Å². The van der Waals surface area contributed by atoms with Crippen LogP contribution in [0.25, 0.3) is 0 Å². The summed E-state index contributed by atoms with van der Waals surface area (Å²) in [6.45, 7) is 6.95. The van der Waals surface area contributed by atoms with Gasteiger partial charge in [0.2, 0.25) is 0 Å². The van der Waals surface area contributed by atoms with E-state index in [2.05, 4.69) is 26.1 Å². The first-order valence-electron chi connectivity index (χ1n) is 6.68. The second-order valence-corrected chi connectivity index (χ2v) is 6.11. The molecule has 5 heteroatoms. The highest BCUT2D eigenvalue weighted by Gasteiger charge is 2.43. The van der Waals surface area contributed by atoms with Gasteiger partial charge < -0.3 is 20.5 Å². The standard InChI is InChI=1S/C15H22N2O3/c1-14(2,3)10-5-6-12(19-4)11(7-10)15(8-16)9-17-13(18)20-15/h5-7H,8-9,16H2,1-4H3,(H,17,18). The molecule has 1 fully saturated rings. The van der Waals surface area contributed by atoms with E-state index in [0.717, 1.165) is 11.1 Å². The van der Waals surface area contributed by atoms with E-state index in [1.165, 1.54) is 0 Å². The molecule has 1 heterocycles. The number of methoxy groups -OCH3 is 1. The van der Waals surface area contributed by atoms with Gasteiger partial charge in [-0.3, -0.25) is 0 Å². The summed E-state index contributed by atoms with van der Waals surface area (Å²) in [5.74, 6) is 0.681. The molecule has 1 aromatic rings. The molecule has 1 atom stereocenters. The molecule has 0 radical (unpaired) electrons. The second-order valence-electron chi connectivity index (χ2n) is 6.11. The van der Waals surface area contributed by atoms with Crippen LogP contribution in [0.4, 0.5) is 4.79 Å². The van der Waals surface area contributed by atoms with Crippen molar-refractivity contribution in [2.24, 2.45) is 5.73 Å². The molecule has 1 saturated heterocycles. The van der Waals surface area contributed by atoms with E-state index in [-0.39, 0.29) is 12.0 Å². The van der Waals surface area contributed by atoms with Crippen LogP contribution in [0.2, 0.25) is 0 Å². The van der Waals surface area contributed by atoms with Gasteiger partial charge in [-0.05, 0) is 23.1 Å². The average molecular weight is 278 g/mol. The van der Waals surface area contributed by atoms with Gasteiger partial charge in [0.15, 0.2) is 5.60 Å². The Morgan fingerprint density at radius 1 is 1.45 bits per heavy atom. The minimum Gasteiger partial charge on any atom is -0.496 e. The number of nitrogens with one attached hydrogen (secondary N) is 1. The second kappa shape index (κ2) is 4.98. The molecule has 2 rings (SSSR count). The fourth-order valence-electron chi connectivity index (χ4n) is 2.37. The van der Waals surface area contributed by atoms with Gasteiger partial charge in [0.1, 0.15) is 5.75 Å². The number of hydrogen-bond donors (Lipinski definition) is 2. The molecule has 5 nitrogen and oxygen atoms in total. The Balaban J connectivity index is 2.55. The molecule has 0 aromatic heterocycles. The quantitative estimate of drug-likeness (QED) is 0.885. The summed E-state index contributed by atoms with van der Waals surface area (Å²) >= 11 is 0. The Bertz CT molecular complexity index is 522. The predicted octanol–water partition coefficient (Wildman–Crippen LogP) is 1.89. The molecule has 110 valence electrons. The molecule has 0 aliphatic carbocycles. The molecular formula is C15H22N2O3. The van der Waals surface area contributed by atoms with Crippen molar-refractivity contribution in [3.63, 3.8) is 0 Å². The molecule has 1 aliphatic heterocycles. The molecule has 1 aliphatic rings. The summed E-state index contributed by atoms with van der Waals surface area (Å²) < 4.78 is 10.9. The number of alkyl carbamates (subject to hydrolysis) is 1. The highest BCUT2D eigenvalue weighted by atomic mass is 16.6. The lowest BCUT2D eigenvalue weighted by atomic mass is 9.83. The third-order valence-corrected chi connectivity index (χ3v) is 3.69. The van der Waals surface area contributed by atoms with Gasteiger partial charge in [-0.2, -0.15) is 0 Å². The third kappa shape index (κ3) is 2.45. The Kier molecular flexibility index (Phi) is 3.65. The lowest BCUT2D eigenvalue weighted by molar-refractivity contribution is 0.0595. The number of cyclic esters (lactones) is 1. The average Bonchev–Trinajstić information content (AvgIpc) is 2.80. The largest absolute Gasteiger partial charge is 0.496 e. The first-order chi connectivity index (χ1) is 9.32. The van der Waals surface area contributed by atoms with Crippen LogP contribution < -0.4 is 15.8 Å². The molecule has 0 saturated carbocycles. The van der Waals surface area contributed by atoms with Gasteiger partial charge in [0.05, 0.1) is 13.7 Å². The van der Waals surface area contributed by atoms with Crippen molar-refractivity contribution in [2.45, 2.75) is 31.8 Å². The normalized spacial score (nSPS) is 22.4. The maximum atomic E-state index is 11.4. The first-order valence-corrected chi connectivity index (χ1v) is 6.68. The molecular weight excluding hydrogens is 256 g/mol. The number of rotatable bonds is 3. The molecule has 1 aromatic carbocycles. The van der Waals surface area contributed by atoms with Crippen LogP contribution >= 0.6 is 0 Å². The zero-order valence-corrected chi connectivity index (χ0v) is 12.4. The summed E-state index contributed by atoms with van der Waals surface area (Å²) in [6, 6.07) is 5.95. The lowest BCUT2D eigenvalue weighted by Gasteiger charge is -2.29. The molecule has 1 amide bonds. The van der Waals surface area contributed by atoms with Gasteiger partial charge in [-0.1, -0.05) is 26.8 Å². The lowest BCUT2D eigenvalue weighted by Crippen LogP contribution is -2.39. The highest BCUT2D eigenvalue weighted by Crippen LogP contribution is 2.37. The fraction of sp³-hybridized carbons (Fsp3) is 0.533. The van der Waals surface area contributed by atoms with Crippen molar-refractivity contribution < 1.29 is 14.3 Å². The van der Waals surface area contributed by atoms with Crippen LogP contribution in [0.1, 0.15) is 31.9 Å². The van der Waals surface area contributed by atoms with E-state index < -0.39 is 11.7 Å². The van der Waals surface area contributed by atoms with Gasteiger partial charge in [0.25, 0.3) is 0 Å². The molecule has 1 unspecified atom stereocenters. The first kappa shape index (κ1) is 14.7. The van der Waals surface area contributed by atoms with Crippen LogP contribution in [-0.4, -0.2) is 26.3 Å². The van der Waals surface area contributed by atoms with Crippen LogP contribution in [-0.2, 0) is 15.8 Å². The van der Waals surface area contributed by atoms with Crippen LogP contribution in [0.3, 0.4) is 0 Å². The van der Waals surface area contributed by atoms with Crippen LogP contribution in [0, 0.1) is 0 Å². The van der Waals surface area contributed by atoms with E-state index in [1.807, 2.05) is 18.2 Å². The van der Waals surface area contributed by atoms with Gasteiger partial charge in [0, 0.05) is 12.1 Å². The Morgan fingerprint density at radius 2 is 2.15 bits per heavy atom. The van der Waals surface area contributed by atoms with Crippen LogP contribution in [0.5, 0.6) is 5.75 Å². The van der Waals surface area contributed by atoms with E-state index in [4.69, 9.17) is 15.2 Å². The zero-order valence-electron chi connectivity index (χ0n) is 12.4. The summed E-state index contributed by atoms with van der Waals surface area (Å²) in [6.07, 6.45) is -0.446. The van der Waals surface area contributed by atoms with Crippen molar-refractivity contribution in [1.82, 2.24) is 5.32 Å². The summed E-state index contributed by atoms with van der Waals surface area (Å²) in [7, 11) is 1.60. The molecule has 20 heavy (non-hydrogen) atoms. The van der Waals surface area contributed by atoms with Crippen molar-refractivity contribution >= 4 is 6.09 Å². The van der Waals surface area contributed by atoms with Gasteiger partial charge in [-0.25, -0.2) is 4.79 Å². The molecule has 0 bridgehead atoms. The molecule has 0 spiro atoms. The van der Waals surface area contributed by atoms with E-state index in [1.54, 1.807) is 7.11 Å². The number of carbonyl (C=O) groups is 1. The Hall–Kier alpha value is -1.75. The number of amides is 1. The summed E-state index contributed by atoms with van der Waals surface area (Å²) in [4.78, 5) is 11.4. The number of nitrogens with two attached hydrogens (primary N) is 1. The predicted molar refractivity (Wildman–Crippen MR) is 76.9 cm³/mol. The number of benzene rings is 1. The fourth-order valence-corrected chi connectivity index (χ4v) is 2.37. The maximum absolute atomic E-state index is 11.4. The summed E-state index contributed by atoms with van der Waals surface area (Å²) in [5.41, 5.74) is 6.96. The Morgan fingerprint density at radius 3 is 2.60 bits per heavy atom. The third-order valence-electron chi connectivity index (χ3n) is 3.69. The van der Waals surface area contributed by atoms with E-state index in [9.17, 15) is 4.79 Å². The number of carbonyl (C=O) groups excluding carboxylic acids is 1. The number of hydrogen-bond acceptors (Lipinski definition) is 4. The minimum absolute atomic E-state index is 0.00709. The van der Waals surface area contributed by atoms with Crippen molar-refractivity contribution in [3.05, 3.63) is 29.3 Å². The summed E-state index contributed by atoms with van der Waals surface area (Å²) in [5, 5.41) is 2.67. The zero-order chi connectivity index (χ0) is 15.0. The van der Waals surface area contributed by atoms with Crippen molar-refractivity contribution in [1.29, 1.82) is 0 Å². The van der Waals surface area contributed by atoms with Crippen LogP contribution in [0.15, 0.2) is 18.2 Å². The van der Waals surface area contributed by atoms with Gasteiger partial charge >= 0.3 is 6.09 Å².